The number of benzene rings is 1. The van der Waals surface area contributed by atoms with E-state index in [-0.39, 0.29) is 24.8 Å². The number of aryl methyl sites for hydroxylation is 2. The Morgan fingerprint density at radius 3 is 2.48 bits per heavy atom. The maximum atomic E-state index is 6.21. The van der Waals surface area contributed by atoms with E-state index >= 15 is 0 Å². The molecule has 1 saturated heterocycles. The molecule has 0 bridgehead atoms. The molecule has 170 valence electrons. The number of hydrogen-bond acceptors (Lipinski definition) is 3. The Bertz CT molecular complexity index is 965. The van der Waals surface area contributed by atoms with E-state index in [4.69, 9.17) is 9.72 Å². The van der Waals surface area contributed by atoms with Crippen LogP contribution in [0.4, 0.5) is 0 Å². The quantitative estimate of drug-likeness (QED) is 0.408. The van der Waals surface area contributed by atoms with Gasteiger partial charge in [-0.1, -0.05) is 37.6 Å². The highest BCUT2D eigenvalue weighted by molar-refractivity contribution is 5.85. The van der Waals surface area contributed by atoms with Gasteiger partial charge in [0.2, 0.25) is 0 Å². The summed E-state index contributed by atoms with van der Waals surface area (Å²) < 4.78 is 8.48. The summed E-state index contributed by atoms with van der Waals surface area (Å²) in [6, 6.07) is 12.5. The van der Waals surface area contributed by atoms with Crippen LogP contribution >= 0.6 is 24.8 Å². The second-order valence-electron chi connectivity index (χ2n) is 8.33. The van der Waals surface area contributed by atoms with Gasteiger partial charge in [-0.15, -0.1) is 24.8 Å². The lowest BCUT2D eigenvalue weighted by atomic mass is 9.92. The van der Waals surface area contributed by atoms with Crippen LogP contribution in [0.1, 0.15) is 61.0 Å². The van der Waals surface area contributed by atoms with Crippen LogP contribution in [0.5, 0.6) is 5.75 Å². The molecule has 3 aromatic rings. The van der Waals surface area contributed by atoms with Gasteiger partial charge in [0, 0.05) is 17.8 Å². The molecule has 0 unspecified atom stereocenters. The second kappa shape index (κ2) is 11.8. The third kappa shape index (κ3) is 5.74. The highest BCUT2D eigenvalue weighted by Crippen LogP contribution is 2.33. The van der Waals surface area contributed by atoms with Crippen LogP contribution in [0.15, 0.2) is 42.6 Å². The molecule has 0 aliphatic carbocycles. The fourth-order valence-electron chi connectivity index (χ4n) is 4.52. The third-order valence-corrected chi connectivity index (χ3v) is 6.28. The standard InChI is InChI=1S/C25H33N3O.2ClH/c1-4-5-14-27-16-12-21(13-17-27)24-20(3)26-25-23(11-8-15-28(24)25)29-18-22-10-7-6-9-19(22)2;;/h6-11,15,21H,4-5,12-14,16-18H2,1-3H3;2*1H. The second-order valence-corrected chi connectivity index (χ2v) is 8.33. The van der Waals surface area contributed by atoms with Gasteiger partial charge in [0.1, 0.15) is 6.61 Å². The molecule has 0 N–H and O–H groups in total. The summed E-state index contributed by atoms with van der Waals surface area (Å²) in [5.41, 5.74) is 5.94. The first-order valence-corrected chi connectivity index (χ1v) is 11.0. The summed E-state index contributed by atoms with van der Waals surface area (Å²) in [6.07, 6.45) is 7.16. The number of imidazole rings is 1. The van der Waals surface area contributed by atoms with E-state index < -0.39 is 0 Å². The number of aromatic nitrogens is 2. The molecule has 6 heteroatoms. The Hall–Kier alpha value is -1.75. The first kappa shape index (κ1) is 25.5. The largest absolute Gasteiger partial charge is 0.485 e. The van der Waals surface area contributed by atoms with Gasteiger partial charge in [-0.25, -0.2) is 4.98 Å². The number of hydrogen-bond donors (Lipinski definition) is 0. The Balaban J connectivity index is 0.00000171. The van der Waals surface area contributed by atoms with Crippen LogP contribution in [0, 0.1) is 13.8 Å². The first-order valence-electron chi connectivity index (χ1n) is 11.0. The minimum absolute atomic E-state index is 0. The molecule has 1 aromatic carbocycles. The van der Waals surface area contributed by atoms with Gasteiger partial charge >= 0.3 is 0 Å². The highest BCUT2D eigenvalue weighted by Gasteiger charge is 2.25. The molecule has 1 aliphatic heterocycles. The summed E-state index contributed by atoms with van der Waals surface area (Å²) in [5.74, 6) is 1.44. The number of fused-ring (bicyclic) bond motifs is 1. The molecule has 4 nitrogen and oxygen atoms in total. The van der Waals surface area contributed by atoms with Gasteiger partial charge in [0.15, 0.2) is 11.4 Å². The van der Waals surface area contributed by atoms with Crippen LogP contribution in [0.25, 0.3) is 5.65 Å². The smallest absolute Gasteiger partial charge is 0.180 e. The zero-order valence-corrected chi connectivity index (χ0v) is 20.5. The van der Waals surface area contributed by atoms with Gasteiger partial charge in [-0.05, 0) is 76.0 Å². The number of halogens is 2. The van der Waals surface area contributed by atoms with Gasteiger partial charge < -0.3 is 14.0 Å². The van der Waals surface area contributed by atoms with Crippen molar-refractivity contribution < 1.29 is 4.74 Å². The van der Waals surface area contributed by atoms with Crippen molar-refractivity contribution in [2.24, 2.45) is 0 Å². The minimum Gasteiger partial charge on any atom is -0.485 e. The van der Waals surface area contributed by atoms with E-state index in [9.17, 15) is 0 Å². The number of likely N-dealkylation sites (tertiary alicyclic amines) is 1. The van der Waals surface area contributed by atoms with Crippen molar-refractivity contribution >= 4 is 30.5 Å². The van der Waals surface area contributed by atoms with Gasteiger partial charge in [-0.3, -0.25) is 0 Å². The van der Waals surface area contributed by atoms with E-state index in [1.165, 1.54) is 62.1 Å². The number of ether oxygens (including phenoxy) is 1. The van der Waals surface area contributed by atoms with Crippen molar-refractivity contribution in [3.8, 4) is 5.75 Å². The predicted octanol–water partition coefficient (Wildman–Crippen LogP) is 6.35. The predicted molar refractivity (Wildman–Crippen MR) is 133 cm³/mol. The van der Waals surface area contributed by atoms with Gasteiger partial charge in [0.25, 0.3) is 0 Å². The number of unbranched alkanes of at least 4 members (excludes halogenated alkanes) is 1. The molecule has 3 heterocycles. The van der Waals surface area contributed by atoms with Crippen LogP contribution in [0.2, 0.25) is 0 Å². The van der Waals surface area contributed by atoms with Crippen LogP contribution in [-0.4, -0.2) is 33.9 Å². The lowest BCUT2D eigenvalue weighted by molar-refractivity contribution is 0.207. The molecule has 2 aromatic heterocycles. The summed E-state index contributed by atoms with van der Waals surface area (Å²) in [4.78, 5) is 7.54. The van der Waals surface area contributed by atoms with Gasteiger partial charge in [-0.2, -0.15) is 0 Å². The molecule has 4 rings (SSSR count). The fraction of sp³-hybridized carbons (Fsp3) is 0.480. The van der Waals surface area contributed by atoms with Crippen molar-refractivity contribution in [1.29, 1.82) is 0 Å². The first-order chi connectivity index (χ1) is 14.2. The monoisotopic (exact) mass is 463 g/mol. The number of piperidine rings is 1. The molecule has 1 aliphatic rings. The molecule has 0 atom stereocenters. The van der Waals surface area contributed by atoms with E-state index in [1.54, 1.807) is 0 Å². The Morgan fingerprint density at radius 2 is 1.77 bits per heavy atom. The van der Waals surface area contributed by atoms with E-state index in [1.807, 2.05) is 6.07 Å². The normalized spacial score (nSPS) is 14.8. The Morgan fingerprint density at radius 1 is 1.03 bits per heavy atom. The lowest BCUT2D eigenvalue weighted by Crippen LogP contribution is -2.34. The summed E-state index contributed by atoms with van der Waals surface area (Å²) in [5, 5.41) is 0. The topological polar surface area (TPSA) is 29.8 Å². The van der Waals surface area contributed by atoms with Crippen molar-refractivity contribution in [2.45, 2.75) is 59.0 Å². The van der Waals surface area contributed by atoms with Crippen LogP contribution < -0.4 is 4.74 Å². The molecule has 0 saturated carbocycles. The minimum atomic E-state index is 0. The highest BCUT2D eigenvalue weighted by atomic mass is 35.5. The summed E-state index contributed by atoms with van der Waals surface area (Å²) in [6.45, 7) is 10.8. The molecular formula is C25H35Cl2N3O. The van der Waals surface area contributed by atoms with Gasteiger partial charge in [0.05, 0.1) is 5.69 Å². The zero-order valence-electron chi connectivity index (χ0n) is 18.8. The van der Waals surface area contributed by atoms with Crippen LogP contribution in [-0.2, 0) is 6.61 Å². The third-order valence-electron chi connectivity index (χ3n) is 6.28. The molecular weight excluding hydrogens is 429 g/mol. The number of pyridine rings is 1. The van der Waals surface area contributed by atoms with E-state index in [0.717, 1.165) is 17.1 Å². The van der Waals surface area contributed by atoms with Crippen molar-refractivity contribution in [3.63, 3.8) is 0 Å². The molecule has 0 amide bonds. The zero-order chi connectivity index (χ0) is 20.2. The maximum Gasteiger partial charge on any atom is 0.180 e. The van der Waals surface area contributed by atoms with Crippen molar-refractivity contribution in [2.75, 3.05) is 19.6 Å². The van der Waals surface area contributed by atoms with Crippen LogP contribution in [0.3, 0.4) is 0 Å². The molecule has 1 fully saturated rings. The van der Waals surface area contributed by atoms with Crippen molar-refractivity contribution in [1.82, 2.24) is 14.3 Å². The fourth-order valence-corrected chi connectivity index (χ4v) is 4.52. The summed E-state index contributed by atoms with van der Waals surface area (Å²) >= 11 is 0. The molecule has 0 radical (unpaired) electrons. The maximum absolute atomic E-state index is 6.21. The summed E-state index contributed by atoms with van der Waals surface area (Å²) in [7, 11) is 0. The van der Waals surface area contributed by atoms with E-state index in [0.29, 0.717) is 12.5 Å². The Labute approximate surface area is 198 Å². The number of nitrogens with zero attached hydrogens (tertiary/aromatic N) is 3. The molecule has 0 spiro atoms. The average molecular weight is 464 g/mol. The Kier molecular flexibility index (Phi) is 9.67. The lowest BCUT2D eigenvalue weighted by Gasteiger charge is -2.32. The van der Waals surface area contributed by atoms with E-state index in [2.05, 4.69) is 66.6 Å². The number of rotatable bonds is 7. The average Bonchev–Trinajstić information content (AvgIpc) is 3.08. The molecule has 31 heavy (non-hydrogen) atoms. The SMILES string of the molecule is CCCCN1CCC(c2c(C)nc3c(OCc4ccccc4C)cccn23)CC1.Cl.Cl. The van der Waals surface area contributed by atoms with Crippen molar-refractivity contribution in [3.05, 3.63) is 65.1 Å².